The van der Waals surface area contributed by atoms with E-state index >= 15 is 0 Å². The number of nitrogens with one attached hydrogen (secondary N) is 1. The summed E-state index contributed by atoms with van der Waals surface area (Å²) in [5.74, 6) is 0.00425. The maximum Gasteiger partial charge on any atom is 0.253 e. The van der Waals surface area contributed by atoms with E-state index in [1.807, 2.05) is 24.3 Å². The maximum atomic E-state index is 11.8. The number of hydrogen-bond donors (Lipinski definition) is 2. The van der Waals surface area contributed by atoms with Gasteiger partial charge in [0, 0.05) is 25.2 Å². The number of ether oxygens (including phenoxy) is 1. The lowest BCUT2D eigenvalue weighted by Crippen LogP contribution is -2.45. The topological polar surface area (TPSA) is 84.7 Å². The fraction of sp³-hybridized carbons (Fsp3) is 0.467. The average Bonchev–Trinajstić information content (AvgIpc) is 2.91. The Morgan fingerprint density at radius 1 is 1.29 bits per heavy atom. The smallest absolute Gasteiger partial charge is 0.253 e. The zero-order chi connectivity index (χ0) is 14.9. The predicted octanol–water partition coefficient (Wildman–Crippen LogP) is 0.114. The highest BCUT2D eigenvalue weighted by Gasteiger charge is 2.38. The molecule has 1 aromatic rings. The first-order valence-corrected chi connectivity index (χ1v) is 7.14. The molecule has 6 heteroatoms. The van der Waals surface area contributed by atoms with Crippen LogP contribution in [0.3, 0.4) is 0 Å². The minimum Gasteiger partial charge on any atom is -0.370 e. The molecule has 2 amide bonds. The standard InChI is InChI=1S/C15H19N3O3/c16-10-15(6-5-13(19)17-15)11-1-3-12(4-2-11)18-7-8-21-9-14(18)20/h1-4H,5-10,16H2,(H,17,19)/t15-/m1/s1. The second-order valence-electron chi connectivity index (χ2n) is 5.48. The van der Waals surface area contributed by atoms with E-state index in [9.17, 15) is 9.59 Å². The molecule has 0 unspecified atom stereocenters. The Balaban J connectivity index is 1.83. The van der Waals surface area contributed by atoms with E-state index in [0.29, 0.717) is 32.5 Å². The summed E-state index contributed by atoms with van der Waals surface area (Å²) in [5.41, 5.74) is 7.24. The van der Waals surface area contributed by atoms with Crippen molar-refractivity contribution in [2.75, 3.05) is 31.2 Å². The molecule has 0 bridgehead atoms. The number of nitrogens with zero attached hydrogens (tertiary/aromatic N) is 1. The Hall–Kier alpha value is -1.92. The van der Waals surface area contributed by atoms with Crippen LogP contribution in [-0.2, 0) is 19.9 Å². The van der Waals surface area contributed by atoms with Crippen molar-refractivity contribution >= 4 is 17.5 Å². The summed E-state index contributed by atoms with van der Waals surface area (Å²) in [5, 5.41) is 2.98. The molecule has 2 heterocycles. The molecule has 3 N–H and O–H groups in total. The number of morpholine rings is 1. The summed E-state index contributed by atoms with van der Waals surface area (Å²) in [7, 11) is 0. The van der Waals surface area contributed by atoms with Crippen molar-refractivity contribution in [2.45, 2.75) is 18.4 Å². The summed E-state index contributed by atoms with van der Waals surface area (Å²) >= 11 is 0. The van der Waals surface area contributed by atoms with Gasteiger partial charge in [-0.15, -0.1) is 0 Å². The van der Waals surface area contributed by atoms with Gasteiger partial charge in [-0.3, -0.25) is 9.59 Å². The summed E-state index contributed by atoms with van der Waals surface area (Å²) in [6.07, 6.45) is 1.21. The van der Waals surface area contributed by atoms with Crippen molar-refractivity contribution in [3.05, 3.63) is 29.8 Å². The van der Waals surface area contributed by atoms with Crippen LogP contribution in [0, 0.1) is 0 Å². The molecule has 21 heavy (non-hydrogen) atoms. The molecule has 0 aliphatic carbocycles. The predicted molar refractivity (Wildman–Crippen MR) is 77.7 cm³/mol. The second kappa shape index (κ2) is 5.46. The molecule has 3 rings (SSSR count). The zero-order valence-electron chi connectivity index (χ0n) is 11.8. The second-order valence-corrected chi connectivity index (χ2v) is 5.48. The van der Waals surface area contributed by atoms with Gasteiger partial charge in [-0.2, -0.15) is 0 Å². The van der Waals surface area contributed by atoms with Crippen LogP contribution in [0.5, 0.6) is 0 Å². The number of carbonyl (C=O) groups excluding carboxylic acids is 2. The molecular formula is C15H19N3O3. The molecule has 1 atom stereocenters. The van der Waals surface area contributed by atoms with Crippen LogP contribution in [0.2, 0.25) is 0 Å². The van der Waals surface area contributed by atoms with Gasteiger partial charge in [-0.1, -0.05) is 12.1 Å². The molecule has 0 aromatic heterocycles. The molecule has 6 nitrogen and oxygen atoms in total. The van der Waals surface area contributed by atoms with Crippen LogP contribution >= 0.6 is 0 Å². The van der Waals surface area contributed by atoms with Crippen LogP contribution in [-0.4, -0.2) is 38.1 Å². The molecule has 0 radical (unpaired) electrons. The number of anilines is 1. The molecular weight excluding hydrogens is 270 g/mol. The number of benzene rings is 1. The first-order chi connectivity index (χ1) is 10.1. The highest BCUT2D eigenvalue weighted by atomic mass is 16.5. The highest BCUT2D eigenvalue weighted by molar-refractivity contribution is 5.94. The Morgan fingerprint density at radius 2 is 2.05 bits per heavy atom. The van der Waals surface area contributed by atoms with Gasteiger partial charge in [0.15, 0.2) is 0 Å². The SMILES string of the molecule is NC[C@@]1(c2ccc(N3CCOCC3=O)cc2)CCC(=O)N1. The van der Waals surface area contributed by atoms with Crippen molar-refractivity contribution in [1.29, 1.82) is 0 Å². The molecule has 2 aliphatic heterocycles. The number of hydrogen-bond acceptors (Lipinski definition) is 4. The van der Waals surface area contributed by atoms with Gasteiger partial charge < -0.3 is 20.7 Å². The van der Waals surface area contributed by atoms with Crippen molar-refractivity contribution in [3.63, 3.8) is 0 Å². The summed E-state index contributed by atoms with van der Waals surface area (Å²) in [6, 6.07) is 7.69. The largest absolute Gasteiger partial charge is 0.370 e. The highest BCUT2D eigenvalue weighted by Crippen LogP contribution is 2.31. The fourth-order valence-electron chi connectivity index (χ4n) is 2.96. The lowest BCUT2D eigenvalue weighted by molar-refractivity contribution is -0.125. The van der Waals surface area contributed by atoms with Crippen LogP contribution in [0.15, 0.2) is 24.3 Å². The van der Waals surface area contributed by atoms with Gasteiger partial charge in [-0.05, 0) is 24.1 Å². The maximum absolute atomic E-state index is 11.8. The normalized spacial score (nSPS) is 26.0. The van der Waals surface area contributed by atoms with Gasteiger partial charge in [-0.25, -0.2) is 0 Å². The zero-order valence-corrected chi connectivity index (χ0v) is 11.8. The van der Waals surface area contributed by atoms with E-state index in [4.69, 9.17) is 10.5 Å². The minimum atomic E-state index is -0.468. The third kappa shape index (κ3) is 2.52. The third-order valence-electron chi connectivity index (χ3n) is 4.22. The Bertz CT molecular complexity index is 558. The number of nitrogens with two attached hydrogens (primary N) is 1. The molecule has 1 aromatic carbocycles. The van der Waals surface area contributed by atoms with Crippen molar-refractivity contribution in [3.8, 4) is 0 Å². The molecule has 112 valence electrons. The fourth-order valence-corrected chi connectivity index (χ4v) is 2.96. The molecule has 2 fully saturated rings. The monoisotopic (exact) mass is 289 g/mol. The van der Waals surface area contributed by atoms with Crippen LogP contribution in [0.4, 0.5) is 5.69 Å². The Morgan fingerprint density at radius 3 is 2.62 bits per heavy atom. The van der Waals surface area contributed by atoms with E-state index in [-0.39, 0.29) is 18.4 Å². The van der Waals surface area contributed by atoms with Gasteiger partial charge in [0.05, 0.1) is 12.1 Å². The molecule has 2 aliphatic rings. The summed E-state index contributed by atoms with van der Waals surface area (Å²) in [6.45, 7) is 1.62. The molecule has 2 saturated heterocycles. The van der Waals surface area contributed by atoms with Gasteiger partial charge in [0.25, 0.3) is 5.91 Å². The lowest BCUT2D eigenvalue weighted by Gasteiger charge is -2.30. The number of rotatable bonds is 3. The first-order valence-electron chi connectivity index (χ1n) is 7.14. The van der Waals surface area contributed by atoms with Crippen molar-refractivity contribution in [2.24, 2.45) is 5.73 Å². The van der Waals surface area contributed by atoms with E-state index < -0.39 is 5.54 Å². The van der Waals surface area contributed by atoms with E-state index in [0.717, 1.165) is 11.3 Å². The Kier molecular flexibility index (Phi) is 3.65. The van der Waals surface area contributed by atoms with Crippen LogP contribution in [0.1, 0.15) is 18.4 Å². The lowest BCUT2D eigenvalue weighted by atomic mass is 9.88. The van der Waals surface area contributed by atoms with Crippen LogP contribution < -0.4 is 16.0 Å². The minimum absolute atomic E-state index is 0.0308. The Labute approximate surface area is 123 Å². The van der Waals surface area contributed by atoms with Gasteiger partial charge in [0.2, 0.25) is 5.91 Å². The summed E-state index contributed by atoms with van der Waals surface area (Å²) < 4.78 is 5.13. The van der Waals surface area contributed by atoms with Crippen molar-refractivity contribution < 1.29 is 14.3 Å². The quantitative estimate of drug-likeness (QED) is 0.827. The number of carbonyl (C=O) groups is 2. The molecule has 0 spiro atoms. The van der Waals surface area contributed by atoms with E-state index in [1.54, 1.807) is 4.90 Å². The first kappa shape index (κ1) is 14.0. The number of amides is 2. The third-order valence-corrected chi connectivity index (χ3v) is 4.22. The average molecular weight is 289 g/mol. The molecule has 0 saturated carbocycles. The van der Waals surface area contributed by atoms with E-state index in [2.05, 4.69) is 5.32 Å². The van der Waals surface area contributed by atoms with Gasteiger partial charge >= 0.3 is 0 Å². The van der Waals surface area contributed by atoms with Gasteiger partial charge in [0.1, 0.15) is 6.61 Å². The summed E-state index contributed by atoms with van der Waals surface area (Å²) in [4.78, 5) is 25.1. The van der Waals surface area contributed by atoms with Crippen molar-refractivity contribution in [1.82, 2.24) is 5.32 Å². The van der Waals surface area contributed by atoms with Crippen LogP contribution in [0.25, 0.3) is 0 Å². The van der Waals surface area contributed by atoms with E-state index in [1.165, 1.54) is 0 Å².